The average molecular weight is 231 g/mol. The Morgan fingerprint density at radius 2 is 2.35 bits per heavy atom. The molecule has 0 amide bonds. The lowest BCUT2D eigenvalue weighted by Gasteiger charge is -2.05. The van der Waals surface area contributed by atoms with Crippen LogP contribution in [0.1, 0.15) is 30.1 Å². The van der Waals surface area contributed by atoms with Crippen LogP contribution in [0.25, 0.3) is 0 Å². The van der Waals surface area contributed by atoms with Gasteiger partial charge in [-0.25, -0.2) is 4.98 Å². The first-order chi connectivity index (χ1) is 8.31. The van der Waals surface area contributed by atoms with Gasteiger partial charge in [0.1, 0.15) is 11.6 Å². The summed E-state index contributed by atoms with van der Waals surface area (Å²) in [5.74, 6) is 1.86. The molecule has 0 saturated heterocycles. The van der Waals surface area contributed by atoms with E-state index in [1.807, 2.05) is 6.20 Å². The quantitative estimate of drug-likeness (QED) is 0.732. The summed E-state index contributed by atoms with van der Waals surface area (Å²) < 4.78 is 0. The third-order valence-corrected chi connectivity index (χ3v) is 2.75. The number of hydrogen-bond acceptors (Lipinski definition) is 4. The van der Waals surface area contributed by atoms with Crippen molar-refractivity contribution in [3.05, 3.63) is 40.2 Å². The number of H-pyrrole nitrogens is 2. The van der Waals surface area contributed by atoms with Gasteiger partial charge in [0, 0.05) is 30.3 Å². The zero-order valence-electron chi connectivity index (χ0n) is 9.23. The van der Waals surface area contributed by atoms with Gasteiger partial charge in [0.05, 0.1) is 6.20 Å². The molecule has 0 unspecified atom stereocenters. The molecule has 0 bridgehead atoms. The van der Waals surface area contributed by atoms with Gasteiger partial charge in [0.15, 0.2) is 0 Å². The minimum Gasteiger partial charge on any atom is -0.366 e. The van der Waals surface area contributed by atoms with Gasteiger partial charge < -0.3 is 10.3 Å². The van der Waals surface area contributed by atoms with E-state index in [0.717, 1.165) is 24.2 Å². The van der Waals surface area contributed by atoms with Gasteiger partial charge in [-0.1, -0.05) is 0 Å². The van der Waals surface area contributed by atoms with Gasteiger partial charge in [-0.2, -0.15) is 5.10 Å². The standard InChI is InChI=1S/C11H13N5O/c17-10-3-9(12-4-7-5-13-14-6-7)15-11(16-10)8-1-2-8/h3,5-6,8H,1-2,4H2,(H,13,14)(H2,12,15,16,17). The summed E-state index contributed by atoms with van der Waals surface area (Å²) in [6.45, 7) is 0.608. The molecule has 3 rings (SSSR count). The third kappa shape index (κ3) is 2.35. The van der Waals surface area contributed by atoms with Crippen molar-refractivity contribution in [2.75, 3.05) is 5.32 Å². The molecule has 88 valence electrons. The number of rotatable bonds is 4. The second kappa shape index (κ2) is 4.04. The fourth-order valence-corrected chi connectivity index (χ4v) is 1.68. The lowest BCUT2D eigenvalue weighted by atomic mass is 10.3. The largest absolute Gasteiger partial charge is 0.366 e. The molecule has 3 N–H and O–H groups in total. The lowest BCUT2D eigenvalue weighted by molar-refractivity contribution is 0.903. The van der Waals surface area contributed by atoms with Crippen molar-refractivity contribution in [2.45, 2.75) is 25.3 Å². The molecular formula is C11H13N5O. The number of aromatic nitrogens is 4. The molecule has 17 heavy (non-hydrogen) atoms. The first kappa shape index (κ1) is 10.1. The van der Waals surface area contributed by atoms with Crippen LogP contribution in [0.15, 0.2) is 23.3 Å². The van der Waals surface area contributed by atoms with Crippen LogP contribution in [0.3, 0.4) is 0 Å². The van der Waals surface area contributed by atoms with E-state index in [-0.39, 0.29) is 5.56 Å². The van der Waals surface area contributed by atoms with Crippen LogP contribution in [0.2, 0.25) is 0 Å². The van der Waals surface area contributed by atoms with Crippen molar-refractivity contribution >= 4 is 5.82 Å². The highest BCUT2D eigenvalue weighted by Crippen LogP contribution is 2.37. The van der Waals surface area contributed by atoms with Crippen LogP contribution < -0.4 is 10.9 Å². The molecular weight excluding hydrogens is 218 g/mol. The Labute approximate surface area is 97.5 Å². The summed E-state index contributed by atoms with van der Waals surface area (Å²) in [6.07, 6.45) is 5.78. The number of hydrogen-bond donors (Lipinski definition) is 3. The monoisotopic (exact) mass is 231 g/mol. The van der Waals surface area contributed by atoms with E-state index < -0.39 is 0 Å². The van der Waals surface area contributed by atoms with Crippen LogP contribution in [0.5, 0.6) is 0 Å². The number of anilines is 1. The molecule has 0 atom stereocenters. The second-order valence-corrected chi connectivity index (χ2v) is 4.25. The first-order valence-electron chi connectivity index (χ1n) is 5.64. The second-order valence-electron chi connectivity index (χ2n) is 4.25. The van der Waals surface area contributed by atoms with E-state index in [2.05, 4.69) is 25.5 Å². The highest BCUT2D eigenvalue weighted by molar-refractivity contribution is 5.34. The average Bonchev–Trinajstić information content (AvgIpc) is 3.04. The zero-order valence-corrected chi connectivity index (χ0v) is 9.23. The molecule has 2 aromatic rings. The Kier molecular flexibility index (Phi) is 2.40. The maximum absolute atomic E-state index is 11.5. The molecule has 0 aromatic carbocycles. The molecule has 1 aliphatic carbocycles. The van der Waals surface area contributed by atoms with E-state index in [1.54, 1.807) is 6.20 Å². The van der Waals surface area contributed by atoms with Gasteiger partial charge in [-0.3, -0.25) is 9.89 Å². The highest BCUT2D eigenvalue weighted by atomic mass is 16.1. The summed E-state index contributed by atoms with van der Waals surface area (Å²) in [4.78, 5) is 18.6. The van der Waals surface area contributed by atoms with Crippen molar-refractivity contribution in [1.29, 1.82) is 0 Å². The van der Waals surface area contributed by atoms with Crippen molar-refractivity contribution < 1.29 is 0 Å². The maximum atomic E-state index is 11.5. The van der Waals surface area contributed by atoms with Crippen LogP contribution >= 0.6 is 0 Å². The van der Waals surface area contributed by atoms with Crippen LogP contribution in [-0.2, 0) is 6.54 Å². The minimum atomic E-state index is -0.100. The van der Waals surface area contributed by atoms with E-state index in [4.69, 9.17) is 0 Å². The summed E-state index contributed by atoms with van der Waals surface area (Å²) in [5.41, 5.74) is 0.927. The Balaban J connectivity index is 1.75. The number of nitrogens with zero attached hydrogens (tertiary/aromatic N) is 2. The van der Waals surface area contributed by atoms with Gasteiger partial charge in [0.2, 0.25) is 0 Å². The Bertz CT molecular complexity index is 555. The third-order valence-electron chi connectivity index (χ3n) is 2.75. The van der Waals surface area contributed by atoms with E-state index in [0.29, 0.717) is 18.3 Å². The summed E-state index contributed by atoms with van der Waals surface area (Å²) in [5, 5.41) is 9.71. The van der Waals surface area contributed by atoms with Crippen LogP contribution in [-0.4, -0.2) is 20.2 Å². The van der Waals surface area contributed by atoms with Gasteiger partial charge in [0.25, 0.3) is 5.56 Å². The Morgan fingerprint density at radius 3 is 3.06 bits per heavy atom. The van der Waals surface area contributed by atoms with E-state index in [1.165, 1.54) is 6.07 Å². The summed E-state index contributed by atoms with van der Waals surface area (Å²) in [6, 6.07) is 1.48. The van der Waals surface area contributed by atoms with Crippen molar-refractivity contribution in [3.8, 4) is 0 Å². The van der Waals surface area contributed by atoms with Gasteiger partial charge in [-0.05, 0) is 12.8 Å². The molecule has 1 saturated carbocycles. The van der Waals surface area contributed by atoms with Crippen LogP contribution in [0.4, 0.5) is 5.82 Å². The SMILES string of the molecule is O=c1cc(NCc2cn[nH]c2)nc(C2CC2)[nH]1. The maximum Gasteiger partial charge on any atom is 0.252 e. The fourth-order valence-electron chi connectivity index (χ4n) is 1.68. The summed E-state index contributed by atoms with van der Waals surface area (Å²) in [7, 11) is 0. The van der Waals surface area contributed by atoms with Crippen molar-refractivity contribution in [3.63, 3.8) is 0 Å². The predicted molar refractivity (Wildman–Crippen MR) is 62.7 cm³/mol. The van der Waals surface area contributed by atoms with Gasteiger partial charge >= 0.3 is 0 Å². The minimum absolute atomic E-state index is 0.100. The molecule has 6 heteroatoms. The lowest BCUT2D eigenvalue weighted by Crippen LogP contribution is -2.13. The van der Waals surface area contributed by atoms with Crippen molar-refractivity contribution in [1.82, 2.24) is 20.2 Å². The predicted octanol–water partition coefficient (Wildman–Crippen LogP) is 0.982. The molecule has 1 fully saturated rings. The normalized spacial score (nSPS) is 14.8. The van der Waals surface area contributed by atoms with Crippen molar-refractivity contribution in [2.24, 2.45) is 0 Å². The Morgan fingerprint density at radius 1 is 1.47 bits per heavy atom. The molecule has 1 aliphatic rings. The zero-order chi connectivity index (χ0) is 11.7. The van der Waals surface area contributed by atoms with E-state index in [9.17, 15) is 4.79 Å². The number of aromatic amines is 2. The van der Waals surface area contributed by atoms with Gasteiger partial charge in [-0.15, -0.1) is 0 Å². The molecule has 2 aromatic heterocycles. The highest BCUT2D eigenvalue weighted by Gasteiger charge is 2.26. The van der Waals surface area contributed by atoms with E-state index >= 15 is 0 Å². The molecule has 6 nitrogen and oxygen atoms in total. The topological polar surface area (TPSA) is 86.5 Å². The van der Waals surface area contributed by atoms with Crippen LogP contribution in [0, 0.1) is 0 Å². The Hall–Kier alpha value is -2.11. The molecule has 0 aliphatic heterocycles. The molecule has 0 spiro atoms. The molecule has 0 radical (unpaired) electrons. The number of nitrogens with one attached hydrogen (secondary N) is 3. The smallest absolute Gasteiger partial charge is 0.252 e. The first-order valence-corrected chi connectivity index (χ1v) is 5.64. The fraction of sp³-hybridized carbons (Fsp3) is 0.364. The molecule has 2 heterocycles. The summed E-state index contributed by atoms with van der Waals surface area (Å²) >= 11 is 0.